The van der Waals surface area contributed by atoms with Crippen LogP contribution in [-0.2, 0) is 0 Å². The van der Waals surface area contributed by atoms with E-state index in [9.17, 15) is 8.78 Å². The standard InChI is InChI=1S/C15H12F2N2S/c16-10-4-5-13(17)12(8-10)14(19-18)11-3-1-2-9-6-7-20-15(9)11/h1-8,14,19H,18H2. The molecule has 2 aromatic carbocycles. The van der Waals surface area contributed by atoms with Crippen LogP contribution in [0.3, 0.4) is 0 Å². The van der Waals surface area contributed by atoms with Crippen molar-refractivity contribution in [3.05, 3.63) is 70.6 Å². The van der Waals surface area contributed by atoms with Gasteiger partial charge in [-0.3, -0.25) is 5.84 Å². The summed E-state index contributed by atoms with van der Waals surface area (Å²) >= 11 is 1.55. The highest BCUT2D eigenvalue weighted by Gasteiger charge is 2.19. The molecule has 1 aromatic heterocycles. The monoisotopic (exact) mass is 290 g/mol. The lowest BCUT2D eigenvalue weighted by atomic mass is 9.97. The number of halogens is 2. The Morgan fingerprint density at radius 3 is 2.70 bits per heavy atom. The summed E-state index contributed by atoms with van der Waals surface area (Å²) < 4.78 is 28.4. The number of hydrazine groups is 1. The molecule has 3 rings (SSSR count). The van der Waals surface area contributed by atoms with Gasteiger partial charge in [-0.2, -0.15) is 0 Å². The summed E-state index contributed by atoms with van der Waals surface area (Å²) in [4.78, 5) is 0. The molecule has 1 unspecified atom stereocenters. The molecule has 3 N–H and O–H groups in total. The Hall–Kier alpha value is -1.82. The minimum Gasteiger partial charge on any atom is -0.271 e. The summed E-state index contributed by atoms with van der Waals surface area (Å²) in [5, 5.41) is 3.02. The van der Waals surface area contributed by atoms with Gasteiger partial charge in [-0.15, -0.1) is 11.3 Å². The molecule has 0 aliphatic rings. The van der Waals surface area contributed by atoms with Crippen LogP contribution in [0.2, 0.25) is 0 Å². The number of nitrogens with two attached hydrogens (primary N) is 1. The first kappa shape index (κ1) is 13.2. The third-order valence-corrected chi connectivity index (χ3v) is 4.24. The lowest BCUT2D eigenvalue weighted by Crippen LogP contribution is -2.29. The van der Waals surface area contributed by atoms with Gasteiger partial charge < -0.3 is 0 Å². The second-order valence-electron chi connectivity index (χ2n) is 4.45. The van der Waals surface area contributed by atoms with E-state index in [1.54, 1.807) is 11.3 Å². The van der Waals surface area contributed by atoms with Gasteiger partial charge in [0.15, 0.2) is 0 Å². The van der Waals surface area contributed by atoms with Gasteiger partial charge in [-0.1, -0.05) is 18.2 Å². The van der Waals surface area contributed by atoms with Crippen molar-refractivity contribution in [3.63, 3.8) is 0 Å². The van der Waals surface area contributed by atoms with Crippen molar-refractivity contribution in [1.29, 1.82) is 0 Å². The molecule has 2 nitrogen and oxygen atoms in total. The Kier molecular flexibility index (Phi) is 3.48. The van der Waals surface area contributed by atoms with Crippen molar-refractivity contribution in [1.82, 2.24) is 5.43 Å². The van der Waals surface area contributed by atoms with E-state index in [2.05, 4.69) is 5.43 Å². The van der Waals surface area contributed by atoms with E-state index < -0.39 is 17.7 Å². The fraction of sp³-hybridized carbons (Fsp3) is 0.0667. The van der Waals surface area contributed by atoms with Crippen molar-refractivity contribution in [2.24, 2.45) is 5.84 Å². The van der Waals surface area contributed by atoms with Gasteiger partial charge in [-0.05, 0) is 40.6 Å². The van der Waals surface area contributed by atoms with Gasteiger partial charge in [0.2, 0.25) is 0 Å². The van der Waals surface area contributed by atoms with Crippen molar-refractivity contribution in [2.45, 2.75) is 6.04 Å². The molecule has 0 radical (unpaired) electrons. The fourth-order valence-electron chi connectivity index (χ4n) is 2.33. The van der Waals surface area contributed by atoms with E-state index in [4.69, 9.17) is 5.84 Å². The Balaban J connectivity index is 2.19. The molecule has 1 atom stereocenters. The Morgan fingerprint density at radius 1 is 1.05 bits per heavy atom. The second kappa shape index (κ2) is 5.28. The second-order valence-corrected chi connectivity index (χ2v) is 5.37. The summed E-state index contributed by atoms with van der Waals surface area (Å²) in [5.74, 6) is 4.61. The van der Waals surface area contributed by atoms with Crippen LogP contribution in [0.15, 0.2) is 47.8 Å². The zero-order chi connectivity index (χ0) is 14.1. The first-order chi connectivity index (χ1) is 9.70. The lowest BCUT2D eigenvalue weighted by Gasteiger charge is -2.18. The SMILES string of the molecule is NNC(c1cc(F)ccc1F)c1cccc2ccsc12. The number of benzene rings is 2. The van der Waals surface area contributed by atoms with E-state index in [0.717, 1.165) is 27.8 Å². The molecule has 3 aromatic rings. The average Bonchev–Trinajstić information content (AvgIpc) is 2.92. The molecule has 0 fully saturated rings. The summed E-state index contributed by atoms with van der Waals surface area (Å²) in [5.41, 5.74) is 3.62. The molecule has 0 amide bonds. The first-order valence-electron chi connectivity index (χ1n) is 6.08. The molecule has 0 saturated heterocycles. The van der Waals surface area contributed by atoms with Crippen LogP contribution in [0.1, 0.15) is 17.2 Å². The summed E-state index contributed by atoms with van der Waals surface area (Å²) in [6.45, 7) is 0. The molecular weight excluding hydrogens is 278 g/mol. The van der Waals surface area contributed by atoms with E-state index in [1.165, 1.54) is 6.07 Å². The van der Waals surface area contributed by atoms with E-state index in [0.29, 0.717) is 0 Å². The van der Waals surface area contributed by atoms with Crippen LogP contribution in [0.4, 0.5) is 8.78 Å². The summed E-state index contributed by atoms with van der Waals surface area (Å²) in [6, 6.07) is 10.5. The van der Waals surface area contributed by atoms with Gasteiger partial charge in [-0.25, -0.2) is 14.2 Å². The van der Waals surface area contributed by atoms with Crippen molar-refractivity contribution in [2.75, 3.05) is 0 Å². The molecule has 0 bridgehead atoms. The maximum absolute atomic E-state index is 14.0. The average molecular weight is 290 g/mol. The molecule has 5 heteroatoms. The normalized spacial score (nSPS) is 12.8. The van der Waals surface area contributed by atoms with Crippen LogP contribution in [0, 0.1) is 11.6 Å². The molecule has 0 spiro atoms. The minimum absolute atomic E-state index is 0.202. The summed E-state index contributed by atoms with van der Waals surface area (Å²) in [7, 11) is 0. The predicted molar refractivity (Wildman–Crippen MR) is 77.3 cm³/mol. The topological polar surface area (TPSA) is 38.0 Å². The third kappa shape index (κ3) is 2.20. The number of nitrogens with one attached hydrogen (secondary N) is 1. The van der Waals surface area contributed by atoms with Gasteiger partial charge in [0.25, 0.3) is 0 Å². The van der Waals surface area contributed by atoms with Crippen LogP contribution >= 0.6 is 11.3 Å². The number of hydrogen-bond donors (Lipinski definition) is 2. The Labute approximate surface area is 118 Å². The number of hydrogen-bond acceptors (Lipinski definition) is 3. The van der Waals surface area contributed by atoms with Gasteiger partial charge >= 0.3 is 0 Å². The molecule has 1 heterocycles. The van der Waals surface area contributed by atoms with Crippen LogP contribution < -0.4 is 11.3 Å². The highest BCUT2D eigenvalue weighted by molar-refractivity contribution is 7.17. The maximum Gasteiger partial charge on any atom is 0.128 e. The Bertz CT molecular complexity index is 754. The van der Waals surface area contributed by atoms with E-state index in [-0.39, 0.29) is 5.56 Å². The van der Waals surface area contributed by atoms with Crippen molar-refractivity contribution < 1.29 is 8.78 Å². The quantitative estimate of drug-likeness (QED) is 0.570. The third-order valence-electron chi connectivity index (χ3n) is 3.26. The Morgan fingerprint density at radius 2 is 1.90 bits per heavy atom. The lowest BCUT2D eigenvalue weighted by molar-refractivity contribution is 0.547. The van der Waals surface area contributed by atoms with Crippen LogP contribution in [0.5, 0.6) is 0 Å². The molecule has 0 aliphatic heterocycles. The molecular formula is C15H12F2N2S. The smallest absolute Gasteiger partial charge is 0.128 e. The van der Waals surface area contributed by atoms with Crippen molar-refractivity contribution in [3.8, 4) is 0 Å². The van der Waals surface area contributed by atoms with E-state index in [1.807, 2.05) is 29.6 Å². The number of rotatable bonds is 3. The van der Waals surface area contributed by atoms with Gasteiger partial charge in [0, 0.05) is 10.3 Å². The molecule has 0 aliphatic carbocycles. The van der Waals surface area contributed by atoms with Gasteiger partial charge in [0.05, 0.1) is 6.04 Å². The minimum atomic E-state index is -0.590. The highest BCUT2D eigenvalue weighted by atomic mass is 32.1. The van der Waals surface area contributed by atoms with Crippen molar-refractivity contribution >= 4 is 21.4 Å². The fourth-order valence-corrected chi connectivity index (χ4v) is 3.27. The summed E-state index contributed by atoms with van der Waals surface area (Å²) in [6.07, 6.45) is 0. The van der Waals surface area contributed by atoms with Crippen LogP contribution in [-0.4, -0.2) is 0 Å². The molecule has 0 saturated carbocycles. The number of thiophene rings is 1. The van der Waals surface area contributed by atoms with Crippen LogP contribution in [0.25, 0.3) is 10.1 Å². The number of fused-ring (bicyclic) bond motifs is 1. The predicted octanol–water partition coefficient (Wildman–Crippen LogP) is 3.73. The van der Waals surface area contributed by atoms with Gasteiger partial charge in [0.1, 0.15) is 11.6 Å². The molecule has 102 valence electrons. The molecule has 20 heavy (non-hydrogen) atoms. The largest absolute Gasteiger partial charge is 0.271 e. The zero-order valence-corrected chi connectivity index (χ0v) is 11.3. The zero-order valence-electron chi connectivity index (χ0n) is 10.4. The van der Waals surface area contributed by atoms with E-state index >= 15 is 0 Å². The first-order valence-corrected chi connectivity index (χ1v) is 6.96. The maximum atomic E-state index is 14.0. The highest BCUT2D eigenvalue weighted by Crippen LogP contribution is 2.33.